The van der Waals surface area contributed by atoms with Crippen LogP contribution in [0.15, 0.2) is 30.3 Å². The second-order valence-electron chi connectivity index (χ2n) is 6.65. The first-order chi connectivity index (χ1) is 11.6. The van der Waals surface area contributed by atoms with Crippen LogP contribution in [-0.4, -0.2) is 58.1 Å². The fourth-order valence-electron chi connectivity index (χ4n) is 3.32. The second-order valence-corrected chi connectivity index (χ2v) is 7.76. The van der Waals surface area contributed by atoms with E-state index >= 15 is 0 Å². The van der Waals surface area contributed by atoms with Crippen LogP contribution >= 0.6 is 11.8 Å². The maximum absolute atomic E-state index is 12.5. The van der Waals surface area contributed by atoms with Gasteiger partial charge in [-0.25, -0.2) is 0 Å². The van der Waals surface area contributed by atoms with E-state index in [2.05, 4.69) is 5.32 Å². The lowest BCUT2D eigenvalue weighted by molar-refractivity contribution is -0.138. The topological polar surface area (TPSA) is 69.6 Å². The fraction of sp³-hybridized carbons (Fsp3) is 0.556. The highest BCUT2D eigenvalue weighted by Gasteiger charge is 2.36. The molecule has 5 nitrogen and oxygen atoms in total. The number of nitrogens with one attached hydrogen (secondary N) is 1. The monoisotopic (exact) mass is 348 g/mol. The van der Waals surface area contributed by atoms with E-state index in [1.807, 2.05) is 30.3 Å². The summed E-state index contributed by atoms with van der Waals surface area (Å²) in [5.74, 6) is 1.44. The molecule has 0 radical (unpaired) electrons. The Morgan fingerprint density at radius 3 is 2.83 bits per heavy atom. The van der Waals surface area contributed by atoms with E-state index in [0.29, 0.717) is 31.6 Å². The molecule has 0 aliphatic carbocycles. The zero-order valence-corrected chi connectivity index (χ0v) is 14.6. The molecule has 2 heterocycles. The van der Waals surface area contributed by atoms with Gasteiger partial charge in [0.1, 0.15) is 6.04 Å². The summed E-state index contributed by atoms with van der Waals surface area (Å²) in [6.45, 7) is 0.903. The van der Waals surface area contributed by atoms with Crippen molar-refractivity contribution in [3.63, 3.8) is 0 Å². The highest BCUT2D eigenvalue weighted by molar-refractivity contribution is 7.99. The van der Waals surface area contributed by atoms with E-state index in [-0.39, 0.29) is 18.4 Å². The lowest BCUT2D eigenvalue weighted by atomic mass is 10.0. The Kier molecular flexibility index (Phi) is 5.46. The van der Waals surface area contributed by atoms with Gasteiger partial charge in [-0.3, -0.25) is 9.59 Å². The van der Waals surface area contributed by atoms with E-state index < -0.39 is 11.6 Å². The number of likely N-dealkylation sites (tertiary alicyclic amines) is 1. The van der Waals surface area contributed by atoms with Gasteiger partial charge < -0.3 is 15.3 Å². The van der Waals surface area contributed by atoms with Crippen molar-refractivity contribution in [1.29, 1.82) is 0 Å². The van der Waals surface area contributed by atoms with Gasteiger partial charge in [-0.05, 0) is 30.6 Å². The number of nitrogens with zero attached hydrogens (tertiary/aromatic N) is 1. The summed E-state index contributed by atoms with van der Waals surface area (Å²) in [5.41, 5.74) is 0.170. The van der Waals surface area contributed by atoms with Crippen molar-refractivity contribution in [1.82, 2.24) is 10.2 Å². The predicted octanol–water partition coefficient (Wildman–Crippen LogP) is 1.20. The Morgan fingerprint density at radius 2 is 2.12 bits per heavy atom. The summed E-state index contributed by atoms with van der Waals surface area (Å²) < 4.78 is 0. The minimum absolute atomic E-state index is 0.00557. The van der Waals surface area contributed by atoms with E-state index in [1.54, 1.807) is 16.7 Å². The molecular formula is C18H24N2O3S. The molecule has 2 fully saturated rings. The number of thioether (sulfide) groups is 1. The van der Waals surface area contributed by atoms with Crippen LogP contribution in [0.4, 0.5) is 0 Å². The number of hydrogen-bond donors (Lipinski definition) is 2. The van der Waals surface area contributed by atoms with Gasteiger partial charge in [-0.2, -0.15) is 11.8 Å². The van der Waals surface area contributed by atoms with Crippen LogP contribution in [-0.2, 0) is 16.0 Å². The quantitative estimate of drug-likeness (QED) is 0.839. The number of aliphatic hydroxyl groups is 1. The van der Waals surface area contributed by atoms with Crippen LogP contribution < -0.4 is 5.32 Å². The van der Waals surface area contributed by atoms with Crippen molar-refractivity contribution in [3.8, 4) is 0 Å². The van der Waals surface area contributed by atoms with Crippen LogP contribution in [0.1, 0.15) is 24.8 Å². The Labute approximate surface area is 146 Å². The zero-order valence-electron chi connectivity index (χ0n) is 13.7. The van der Waals surface area contributed by atoms with Gasteiger partial charge in [0.2, 0.25) is 11.8 Å². The van der Waals surface area contributed by atoms with Crippen molar-refractivity contribution in [2.75, 3.05) is 24.6 Å². The van der Waals surface area contributed by atoms with E-state index in [9.17, 15) is 14.7 Å². The van der Waals surface area contributed by atoms with Gasteiger partial charge in [0.25, 0.3) is 0 Å². The molecule has 0 aromatic heterocycles. The van der Waals surface area contributed by atoms with Crippen molar-refractivity contribution < 1.29 is 14.7 Å². The number of carbonyl (C=O) groups is 2. The SMILES string of the molecule is O=C(NC[C@]1(O)CCSC1)[C@H]1CCCN1C(=O)Cc1ccccc1. The first-order valence-corrected chi connectivity index (χ1v) is 9.64. The Balaban J connectivity index is 1.56. The van der Waals surface area contributed by atoms with E-state index in [4.69, 9.17) is 0 Å². The molecule has 2 atom stereocenters. The van der Waals surface area contributed by atoms with Gasteiger partial charge in [-0.1, -0.05) is 30.3 Å². The lowest BCUT2D eigenvalue weighted by Gasteiger charge is -2.27. The molecule has 2 aliphatic rings. The number of carbonyl (C=O) groups excluding carboxylic acids is 2. The molecule has 1 aromatic carbocycles. The molecule has 0 bridgehead atoms. The van der Waals surface area contributed by atoms with Gasteiger partial charge in [0.05, 0.1) is 12.0 Å². The average Bonchev–Trinajstić information content (AvgIpc) is 3.23. The van der Waals surface area contributed by atoms with Crippen molar-refractivity contribution >= 4 is 23.6 Å². The number of hydrogen-bond acceptors (Lipinski definition) is 4. The molecule has 0 unspecified atom stereocenters. The largest absolute Gasteiger partial charge is 0.387 e. The first-order valence-electron chi connectivity index (χ1n) is 8.49. The van der Waals surface area contributed by atoms with Crippen LogP contribution in [0, 0.1) is 0 Å². The van der Waals surface area contributed by atoms with Gasteiger partial charge in [0, 0.05) is 18.8 Å². The molecule has 24 heavy (non-hydrogen) atoms. The number of rotatable bonds is 5. The third-order valence-corrected chi connectivity index (χ3v) is 5.98. The Morgan fingerprint density at radius 1 is 1.33 bits per heavy atom. The Hall–Kier alpha value is -1.53. The summed E-state index contributed by atoms with van der Waals surface area (Å²) in [6, 6.07) is 9.20. The van der Waals surface area contributed by atoms with E-state index in [0.717, 1.165) is 17.7 Å². The molecule has 6 heteroatoms. The van der Waals surface area contributed by atoms with Crippen molar-refractivity contribution in [2.45, 2.75) is 37.3 Å². The van der Waals surface area contributed by atoms with Gasteiger partial charge in [0.15, 0.2) is 0 Å². The summed E-state index contributed by atoms with van der Waals surface area (Å²) in [7, 11) is 0. The van der Waals surface area contributed by atoms with Crippen molar-refractivity contribution in [3.05, 3.63) is 35.9 Å². The maximum Gasteiger partial charge on any atom is 0.242 e. The average molecular weight is 348 g/mol. The summed E-state index contributed by atoms with van der Waals surface area (Å²) in [5, 5.41) is 13.2. The van der Waals surface area contributed by atoms with Crippen LogP contribution in [0.2, 0.25) is 0 Å². The third-order valence-electron chi connectivity index (χ3n) is 4.75. The molecule has 0 spiro atoms. The first kappa shape index (κ1) is 17.3. The van der Waals surface area contributed by atoms with Crippen LogP contribution in [0.5, 0.6) is 0 Å². The highest BCUT2D eigenvalue weighted by Crippen LogP contribution is 2.27. The molecule has 2 aliphatic heterocycles. The third kappa shape index (κ3) is 4.11. The molecule has 0 saturated carbocycles. The van der Waals surface area contributed by atoms with Gasteiger partial charge >= 0.3 is 0 Å². The second kappa shape index (κ2) is 7.57. The molecular weight excluding hydrogens is 324 g/mol. The standard InChI is InChI=1S/C18H24N2O3S/c21-16(11-14-5-2-1-3-6-14)20-9-4-7-15(20)17(22)19-12-18(23)8-10-24-13-18/h1-3,5-6,15,23H,4,7-13H2,(H,19,22)/t15-,18-/m1/s1. The molecule has 130 valence electrons. The van der Waals surface area contributed by atoms with E-state index in [1.165, 1.54) is 0 Å². The Bertz CT molecular complexity index is 587. The lowest BCUT2D eigenvalue weighted by Crippen LogP contribution is -2.50. The minimum Gasteiger partial charge on any atom is -0.387 e. The van der Waals surface area contributed by atoms with Crippen LogP contribution in [0.3, 0.4) is 0 Å². The maximum atomic E-state index is 12.5. The minimum atomic E-state index is -0.794. The van der Waals surface area contributed by atoms with Crippen LogP contribution in [0.25, 0.3) is 0 Å². The van der Waals surface area contributed by atoms with Gasteiger partial charge in [-0.15, -0.1) is 0 Å². The number of amides is 2. The predicted molar refractivity (Wildman–Crippen MR) is 94.8 cm³/mol. The van der Waals surface area contributed by atoms with Crippen molar-refractivity contribution in [2.24, 2.45) is 0 Å². The molecule has 2 saturated heterocycles. The molecule has 3 rings (SSSR count). The zero-order chi connectivity index (χ0) is 17.0. The normalized spacial score (nSPS) is 26.5. The fourth-order valence-corrected chi connectivity index (χ4v) is 4.61. The number of benzene rings is 1. The smallest absolute Gasteiger partial charge is 0.242 e. The molecule has 2 N–H and O–H groups in total. The highest BCUT2D eigenvalue weighted by atomic mass is 32.2. The summed E-state index contributed by atoms with van der Waals surface area (Å²) in [6.07, 6.45) is 2.57. The molecule has 1 aromatic rings. The molecule has 2 amide bonds. The summed E-state index contributed by atoms with van der Waals surface area (Å²) in [4.78, 5) is 26.7. The summed E-state index contributed by atoms with van der Waals surface area (Å²) >= 11 is 1.71.